The summed E-state index contributed by atoms with van der Waals surface area (Å²) in [5.41, 5.74) is 3.86. The molecular weight excluding hydrogens is 287 g/mol. The van der Waals surface area contributed by atoms with Crippen molar-refractivity contribution in [2.24, 2.45) is 0 Å². The van der Waals surface area contributed by atoms with Crippen LogP contribution in [-0.4, -0.2) is 11.5 Å². The summed E-state index contributed by atoms with van der Waals surface area (Å²) in [5, 5.41) is 3.80. The van der Waals surface area contributed by atoms with Gasteiger partial charge in [0.1, 0.15) is 5.82 Å². The number of nitrogens with zero attached hydrogens (tertiary/aromatic N) is 1. The fraction of sp³-hybridized carbons (Fsp3) is 0.353. The van der Waals surface area contributed by atoms with Gasteiger partial charge in [0.25, 0.3) is 0 Å². The maximum Gasteiger partial charge on any atom is 0.127 e. The fourth-order valence-corrected chi connectivity index (χ4v) is 2.67. The number of aromatic nitrogens is 1. The molecule has 1 atom stereocenters. The highest BCUT2D eigenvalue weighted by atomic mass is 35.5. The van der Waals surface area contributed by atoms with Crippen LogP contribution in [0.5, 0.6) is 0 Å². The Morgan fingerprint density at radius 2 is 2.05 bits per heavy atom. The Balaban J connectivity index is 2.30. The van der Waals surface area contributed by atoms with Crippen LogP contribution in [0, 0.1) is 19.7 Å². The zero-order chi connectivity index (χ0) is 15.4. The zero-order valence-electron chi connectivity index (χ0n) is 12.6. The second-order valence-corrected chi connectivity index (χ2v) is 5.70. The van der Waals surface area contributed by atoms with E-state index in [2.05, 4.69) is 16.4 Å². The Morgan fingerprint density at radius 3 is 2.67 bits per heavy atom. The number of likely N-dealkylation sites (N-methyl/N-ethyl adjacent to an activating group) is 1. The average Bonchev–Trinajstić information content (AvgIpc) is 2.41. The van der Waals surface area contributed by atoms with Gasteiger partial charge in [-0.2, -0.15) is 0 Å². The molecule has 0 spiro atoms. The second kappa shape index (κ2) is 7.01. The van der Waals surface area contributed by atoms with Gasteiger partial charge in [-0.1, -0.05) is 30.7 Å². The lowest BCUT2D eigenvalue weighted by Gasteiger charge is -2.20. The molecule has 0 aliphatic rings. The van der Waals surface area contributed by atoms with Crippen molar-refractivity contribution in [1.82, 2.24) is 10.3 Å². The van der Waals surface area contributed by atoms with Crippen LogP contribution >= 0.6 is 11.6 Å². The molecule has 0 fully saturated rings. The van der Waals surface area contributed by atoms with Crippen LogP contribution in [0.3, 0.4) is 0 Å². The molecule has 2 aromatic rings. The smallest absolute Gasteiger partial charge is 0.127 e. The minimum Gasteiger partial charge on any atom is -0.309 e. The third kappa shape index (κ3) is 4.02. The van der Waals surface area contributed by atoms with Crippen LogP contribution in [0.25, 0.3) is 0 Å². The molecule has 0 amide bonds. The molecule has 0 radical (unpaired) electrons. The molecule has 4 heteroatoms. The lowest BCUT2D eigenvalue weighted by Crippen LogP contribution is -2.25. The summed E-state index contributed by atoms with van der Waals surface area (Å²) in [6, 6.07) is 6.91. The first-order chi connectivity index (χ1) is 10.0. The van der Waals surface area contributed by atoms with E-state index in [1.807, 2.05) is 27.0 Å². The number of benzene rings is 1. The summed E-state index contributed by atoms with van der Waals surface area (Å²) in [6.07, 6.45) is 2.40. The summed E-state index contributed by atoms with van der Waals surface area (Å²) in [7, 11) is 0. The topological polar surface area (TPSA) is 24.9 Å². The SMILES string of the molecule is CCNC(Cc1ccc(Cl)cc1F)c1ncc(C)cc1C. The van der Waals surface area contributed by atoms with E-state index in [1.54, 1.807) is 12.1 Å². The molecule has 21 heavy (non-hydrogen) atoms. The van der Waals surface area contributed by atoms with E-state index in [0.717, 1.165) is 23.4 Å². The van der Waals surface area contributed by atoms with Crippen molar-refractivity contribution in [3.63, 3.8) is 0 Å². The first-order valence-corrected chi connectivity index (χ1v) is 7.49. The molecule has 1 heterocycles. The highest BCUT2D eigenvalue weighted by Gasteiger charge is 2.17. The monoisotopic (exact) mass is 306 g/mol. The largest absolute Gasteiger partial charge is 0.309 e. The van der Waals surface area contributed by atoms with E-state index in [9.17, 15) is 4.39 Å². The van der Waals surface area contributed by atoms with Gasteiger partial charge in [0.2, 0.25) is 0 Å². The van der Waals surface area contributed by atoms with Crippen molar-refractivity contribution in [3.8, 4) is 0 Å². The minimum absolute atomic E-state index is 0.00808. The van der Waals surface area contributed by atoms with Gasteiger partial charge in [0, 0.05) is 11.2 Å². The Labute approximate surface area is 130 Å². The van der Waals surface area contributed by atoms with Crippen molar-refractivity contribution < 1.29 is 4.39 Å². The molecule has 2 nitrogen and oxygen atoms in total. The van der Waals surface area contributed by atoms with Gasteiger partial charge in [-0.15, -0.1) is 0 Å². The van der Waals surface area contributed by atoms with E-state index in [1.165, 1.54) is 6.07 Å². The number of halogens is 2. The normalized spacial score (nSPS) is 12.4. The van der Waals surface area contributed by atoms with Crippen LogP contribution in [0.1, 0.15) is 35.3 Å². The molecule has 1 aromatic heterocycles. The minimum atomic E-state index is -0.268. The Kier molecular flexibility index (Phi) is 5.32. The highest BCUT2D eigenvalue weighted by molar-refractivity contribution is 6.30. The molecule has 1 N–H and O–H groups in total. The lowest BCUT2D eigenvalue weighted by atomic mass is 9.99. The van der Waals surface area contributed by atoms with E-state index < -0.39 is 0 Å². The summed E-state index contributed by atoms with van der Waals surface area (Å²) >= 11 is 5.81. The third-order valence-electron chi connectivity index (χ3n) is 3.48. The fourth-order valence-electron chi connectivity index (χ4n) is 2.51. The van der Waals surface area contributed by atoms with Crippen LogP contribution in [-0.2, 0) is 6.42 Å². The van der Waals surface area contributed by atoms with Crippen molar-refractivity contribution >= 4 is 11.6 Å². The number of hydrogen-bond donors (Lipinski definition) is 1. The van der Waals surface area contributed by atoms with Crippen molar-refractivity contribution in [1.29, 1.82) is 0 Å². The second-order valence-electron chi connectivity index (χ2n) is 5.26. The van der Waals surface area contributed by atoms with Gasteiger partial charge in [-0.25, -0.2) is 4.39 Å². The first-order valence-electron chi connectivity index (χ1n) is 7.11. The molecular formula is C17H20ClFN2. The van der Waals surface area contributed by atoms with Gasteiger partial charge >= 0.3 is 0 Å². The van der Waals surface area contributed by atoms with E-state index in [0.29, 0.717) is 17.0 Å². The van der Waals surface area contributed by atoms with Gasteiger partial charge in [-0.3, -0.25) is 4.98 Å². The molecule has 112 valence electrons. The Bertz CT molecular complexity index is 628. The number of rotatable bonds is 5. The van der Waals surface area contributed by atoms with Gasteiger partial charge < -0.3 is 5.32 Å². The predicted octanol–water partition coefficient (Wildman–Crippen LogP) is 4.38. The van der Waals surface area contributed by atoms with Gasteiger partial charge in [0.15, 0.2) is 0 Å². The number of nitrogens with one attached hydrogen (secondary N) is 1. The van der Waals surface area contributed by atoms with Gasteiger partial charge in [-0.05, 0) is 55.6 Å². The number of pyridine rings is 1. The molecule has 0 aliphatic heterocycles. The predicted molar refractivity (Wildman–Crippen MR) is 85.2 cm³/mol. The highest BCUT2D eigenvalue weighted by Crippen LogP contribution is 2.23. The maximum absolute atomic E-state index is 14.0. The molecule has 0 saturated carbocycles. The van der Waals surface area contributed by atoms with Crippen LogP contribution in [0.2, 0.25) is 5.02 Å². The molecule has 0 bridgehead atoms. The summed E-state index contributed by atoms with van der Waals surface area (Å²) < 4.78 is 14.0. The number of aryl methyl sites for hydroxylation is 2. The molecule has 1 aromatic carbocycles. The van der Waals surface area contributed by atoms with Crippen LogP contribution < -0.4 is 5.32 Å². The van der Waals surface area contributed by atoms with Crippen molar-refractivity contribution in [3.05, 3.63) is 63.7 Å². The first kappa shape index (κ1) is 15.9. The molecule has 1 unspecified atom stereocenters. The Morgan fingerprint density at radius 1 is 1.29 bits per heavy atom. The average molecular weight is 307 g/mol. The molecule has 0 aliphatic carbocycles. The van der Waals surface area contributed by atoms with E-state index in [-0.39, 0.29) is 11.9 Å². The Hall–Kier alpha value is -1.45. The molecule has 0 saturated heterocycles. The summed E-state index contributed by atoms with van der Waals surface area (Å²) in [5.74, 6) is -0.268. The quantitative estimate of drug-likeness (QED) is 0.886. The van der Waals surface area contributed by atoms with Crippen molar-refractivity contribution in [2.45, 2.75) is 33.2 Å². The maximum atomic E-state index is 14.0. The lowest BCUT2D eigenvalue weighted by molar-refractivity contribution is 0.515. The third-order valence-corrected chi connectivity index (χ3v) is 3.71. The van der Waals surface area contributed by atoms with Crippen molar-refractivity contribution in [2.75, 3.05) is 6.54 Å². The van der Waals surface area contributed by atoms with Gasteiger partial charge in [0.05, 0.1) is 11.7 Å². The standard InChI is InChI=1S/C17H20ClFN2/c1-4-20-16(17-12(3)7-11(2)10-21-17)8-13-5-6-14(18)9-15(13)19/h5-7,9-10,16,20H,4,8H2,1-3H3. The molecule has 2 rings (SSSR count). The summed E-state index contributed by atoms with van der Waals surface area (Å²) in [6.45, 7) is 6.90. The van der Waals surface area contributed by atoms with Crippen LogP contribution in [0.4, 0.5) is 4.39 Å². The zero-order valence-corrected chi connectivity index (χ0v) is 13.3. The van der Waals surface area contributed by atoms with Crippen LogP contribution in [0.15, 0.2) is 30.5 Å². The van der Waals surface area contributed by atoms with E-state index >= 15 is 0 Å². The summed E-state index contributed by atoms with van der Waals surface area (Å²) in [4.78, 5) is 4.53. The van der Waals surface area contributed by atoms with E-state index in [4.69, 9.17) is 11.6 Å². The number of hydrogen-bond acceptors (Lipinski definition) is 2.